The summed E-state index contributed by atoms with van der Waals surface area (Å²) in [5.74, 6) is -0.600. The minimum atomic E-state index is -0.600. The summed E-state index contributed by atoms with van der Waals surface area (Å²) in [4.78, 5) is 0. The molecule has 0 heterocycles. The number of hydrogen-bond donors (Lipinski definition) is 0. The van der Waals surface area contributed by atoms with Crippen LogP contribution in [0.4, 0.5) is 4.39 Å². The van der Waals surface area contributed by atoms with Crippen LogP contribution in [0.5, 0.6) is 0 Å². The van der Waals surface area contributed by atoms with Crippen LogP contribution in [-0.4, -0.2) is 0 Å². The van der Waals surface area contributed by atoms with Crippen LogP contribution in [0.15, 0.2) is 12.1 Å². The molecular weight excluding hydrogens is 155 g/mol. The van der Waals surface area contributed by atoms with E-state index in [1.54, 1.807) is 6.07 Å². The third kappa shape index (κ3) is 1.13. The quantitative estimate of drug-likeness (QED) is 0.581. The van der Waals surface area contributed by atoms with E-state index < -0.39 is 5.82 Å². The molecule has 0 bridgehead atoms. The molecule has 0 spiro atoms. The molecule has 1 aromatic rings. The van der Waals surface area contributed by atoms with Gasteiger partial charge in [0.05, 0.1) is 17.2 Å². The van der Waals surface area contributed by atoms with Crippen molar-refractivity contribution in [3.05, 3.63) is 34.6 Å². The normalized spacial score (nSPS) is 8.67. The minimum Gasteiger partial charge on any atom is -0.205 e. The second-order valence-corrected chi connectivity index (χ2v) is 2.32. The summed E-state index contributed by atoms with van der Waals surface area (Å²) < 4.78 is 13.1. The lowest BCUT2D eigenvalue weighted by molar-refractivity contribution is 0.614. The zero-order valence-electron chi connectivity index (χ0n) is 6.43. The van der Waals surface area contributed by atoms with Crippen LogP contribution in [-0.2, 0) is 0 Å². The Balaban J connectivity index is 3.45. The molecule has 58 valence electrons. The van der Waals surface area contributed by atoms with Crippen molar-refractivity contribution in [3.8, 4) is 12.1 Å². The Labute approximate surface area is 69.5 Å². The lowest BCUT2D eigenvalue weighted by Crippen LogP contribution is -1.91. The Morgan fingerprint density at radius 3 is 2.17 bits per heavy atom. The number of nitrogens with zero attached hydrogens (tertiary/aromatic N) is 2. The Bertz CT molecular complexity index is 357. The summed E-state index contributed by atoms with van der Waals surface area (Å²) in [5, 5.41) is 16.9. The first-order valence-corrected chi connectivity index (χ1v) is 3.30. The highest BCUT2D eigenvalue weighted by atomic mass is 19.1. The van der Waals surface area contributed by atoms with Gasteiger partial charge in [0.2, 0.25) is 0 Å². The van der Waals surface area contributed by atoms with E-state index >= 15 is 0 Å². The van der Waals surface area contributed by atoms with Crippen molar-refractivity contribution in [3.63, 3.8) is 0 Å². The number of nitriles is 2. The smallest absolute Gasteiger partial charge is 0.145 e. The Hall–Kier alpha value is -1.87. The van der Waals surface area contributed by atoms with Gasteiger partial charge in [-0.2, -0.15) is 10.5 Å². The molecule has 0 atom stereocenters. The van der Waals surface area contributed by atoms with Crippen molar-refractivity contribution in [2.24, 2.45) is 0 Å². The number of hydrogen-bond acceptors (Lipinski definition) is 2. The summed E-state index contributed by atoms with van der Waals surface area (Å²) >= 11 is 0. The van der Waals surface area contributed by atoms with E-state index in [2.05, 4.69) is 0 Å². The van der Waals surface area contributed by atoms with E-state index in [0.717, 1.165) is 0 Å². The molecule has 0 aliphatic carbocycles. The van der Waals surface area contributed by atoms with Crippen molar-refractivity contribution in [1.82, 2.24) is 0 Å². The highest BCUT2D eigenvalue weighted by Crippen LogP contribution is 2.15. The monoisotopic (exact) mass is 160 g/mol. The molecule has 0 amide bonds. The highest BCUT2D eigenvalue weighted by molar-refractivity contribution is 5.44. The third-order valence-electron chi connectivity index (χ3n) is 1.63. The maximum Gasteiger partial charge on any atom is 0.145 e. The minimum absolute atomic E-state index is 0.0218. The largest absolute Gasteiger partial charge is 0.205 e. The second-order valence-electron chi connectivity index (χ2n) is 2.32. The van der Waals surface area contributed by atoms with Crippen molar-refractivity contribution in [1.29, 1.82) is 10.5 Å². The molecule has 0 radical (unpaired) electrons. The molecule has 0 N–H and O–H groups in total. The molecule has 0 saturated heterocycles. The standard InChI is InChI=1S/C9H5FN2/c1-6-7(4-11)2-3-8(5-12)9(6)10/h2-3H,1H3. The first-order valence-electron chi connectivity index (χ1n) is 3.30. The summed E-state index contributed by atoms with van der Waals surface area (Å²) in [5.41, 5.74) is 0.481. The Kier molecular flexibility index (Phi) is 2.07. The van der Waals surface area contributed by atoms with Gasteiger partial charge in [-0.25, -0.2) is 4.39 Å². The first-order chi connectivity index (χ1) is 5.70. The summed E-state index contributed by atoms with van der Waals surface area (Å²) in [6, 6.07) is 6.29. The van der Waals surface area contributed by atoms with E-state index in [4.69, 9.17) is 10.5 Å². The second kappa shape index (κ2) is 3.02. The van der Waals surface area contributed by atoms with Crippen molar-refractivity contribution < 1.29 is 4.39 Å². The van der Waals surface area contributed by atoms with Crippen molar-refractivity contribution in [2.45, 2.75) is 6.92 Å². The maximum atomic E-state index is 13.1. The van der Waals surface area contributed by atoms with E-state index in [1.807, 2.05) is 6.07 Å². The fourth-order valence-corrected chi connectivity index (χ4v) is 0.893. The van der Waals surface area contributed by atoms with E-state index in [1.165, 1.54) is 19.1 Å². The number of benzene rings is 1. The van der Waals surface area contributed by atoms with Gasteiger partial charge in [-0.3, -0.25) is 0 Å². The highest BCUT2D eigenvalue weighted by Gasteiger charge is 2.07. The van der Waals surface area contributed by atoms with Crippen molar-refractivity contribution in [2.75, 3.05) is 0 Å². The number of rotatable bonds is 0. The average molecular weight is 160 g/mol. The summed E-state index contributed by atoms with van der Waals surface area (Å²) in [6.07, 6.45) is 0. The molecule has 0 aliphatic heterocycles. The molecule has 0 saturated carbocycles. The third-order valence-corrected chi connectivity index (χ3v) is 1.63. The first kappa shape index (κ1) is 8.23. The SMILES string of the molecule is Cc1c(C#N)ccc(C#N)c1F. The molecular formula is C9H5FN2. The topological polar surface area (TPSA) is 47.6 Å². The van der Waals surface area contributed by atoms with Crippen LogP contribution in [0.3, 0.4) is 0 Å². The molecule has 0 aliphatic rings. The predicted molar refractivity (Wildman–Crippen MR) is 40.6 cm³/mol. The molecule has 2 nitrogen and oxygen atoms in total. The molecule has 1 rings (SSSR count). The van der Waals surface area contributed by atoms with Gasteiger partial charge in [0, 0.05) is 5.56 Å². The van der Waals surface area contributed by atoms with E-state index in [9.17, 15) is 4.39 Å². The summed E-state index contributed by atoms with van der Waals surface area (Å²) in [6.45, 7) is 1.48. The lowest BCUT2D eigenvalue weighted by Gasteiger charge is -1.99. The van der Waals surface area contributed by atoms with Crippen LogP contribution in [0.1, 0.15) is 16.7 Å². The van der Waals surface area contributed by atoms with E-state index in [-0.39, 0.29) is 16.7 Å². The van der Waals surface area contributed by atoms with Gasteiger partial charge in [0.25, 0.3) is 0 Å². The molecule has 3 heteroatoms. The average Bonchev–Trinajstić information content (AvgIpc) is 2.10. The van der Waals surface area contributed by atoms with Crippen LogP contribution < -0.4 is 0 Å². The molecule has 0 unspecified atom stereocenters. The van der Waals surface area contributed by atoms with Crippen LogP contribution >= 0.6 is 0 Å². The maximum absolute atomic E-state index is 13.1. The summed E-state index contributed by atoms with van der Waals surface area (Å²) in [7, 11) is 0. The molecule has 1 aromatic carbocycles. The fourth-order valence-electron chi connectivity index (χ4n) is 0.893. The van der Waals surface area contributed by atoms with Gasteiger partial charge >= 0.3 is 0 Å². The van der Waals surface area contributed by atoms with Crippen molar-refractivity contribution >= 4 is 0 Å². The van der Waals surface area contributed by atoms with Crippen LogP contribution in [0.25, 0.3) is 0 Å². The van der Waals surface area contributed by atoms with E-state index in [0.29, 0.717) is 0 Å². The zero-order chi connectivity index (χ0) is 9.14. The number of halogens is 1. The van der Waals surface area contributed by atoms with Crippen LogP contribution in [0, 0.1) is 35.4 Å². The Morgan fingerprint density at radius 1 is 1.17 bits per heavy atom. The predicted octanol–water partition coefficient (Wildman–Crippen LogP) is 1.88. The zero-order valence-corrected chi connectivity index (χ0v) is 6.43. The fraction of sp³-hybridized carbons (Fsp3) is 0.111. The van der Waals surface area contributed by atoms with Gasteiger partial charge in [-0.05, 0) is 19.1 Å². The molecule has 12 heavy (non-hydrogen) atoms. The van der Waals surface area contributed by atoms with Gasteiger partial charge < -0.3 is 0 Å². The van der Waals surface area contributed by atoms with Gasteiger partial charge in [0.15, 0.2) is 0 Å². The van der Waals surface area contributed by atoms with Gasteiger partial charge in [0.1, 0.15) is 11.9 Å². The Morgan fingerprint density at radius 2 is 1.67 bits per heavy atom. The van der Waals surface area contributed by atoms with Crippen LogP contribution in [0.2, 0.25) is 0 Å². The van der Waals surface area contributed by atoms with Gasteiger partial charge in [-0.15, -0.1) is 0 Å². The molecule has 0 fully saturated rings. The van der Waals surface area contributed by atoms with Gasteiger partial charge in [-0.1, -0.05) is 0 Å². The molecule has 0 aromatic heterocycles. The lowest BCUT2D eigenvalue weighted by atomic mass is 10.1.